The zero-order valence-electron chi connectivity index (χ0n) is 60.0. The Labute approximate surface area is 567 Å². The van der Waals surface area contributed by atoms with Crippen LogP contribution in [0.25, 0.3) is 0 Å². The summed E-state index contributed by atoms with van der Waals surface area (Å²) >= 11 is 0. The number of esters is 4. The number of rotatable bonds is 71. The van der Waals surface area contributed by atoms with Crippen LogP contribution in [0.5, 0.6) is 0 Å². The summed E-state index contributed by atoms with van der Waals surface area (Å²) < 4.78 is 68.2. The van der Waals surface area contributed by atoms with Gasteiger partial charge in [0, 0.05) is 25.7 Å². The van der Waals surface area contributed by atoms with E-state index in [0.29, 0.717) is 31.6 Å². The Kier molecular flexibility index (Phi) is 63.7. The number of ether oxygens (including phenoxy) is 4. The Morgan fingerprint density at radius 1 is 0.333 bits per heavy atom. The number of hydrogen-bond donors (Lipinski definition) is 3. The molecule has 19 heteroatoms. The summed E-state index contributed by atoms with van der Waals surface area (Å²) in [5, 5.41) is 10.6. The number of hydrogen-bond acceptors (Lipinski definition) is 15. The van der Waals surface area contributed by atoms with Crippen molar-refractivity contribution in [3.63, 3.8) is 0 Å². The van der Waals surface area contributed by atoms with Crippen molar-refractivity contribution in [3.05, 3.63) is 24.3 Å². The van der Waals surface area contributed by atoms with Gasteiger partial charge in [-0.25, -0.2) is 9.13 Å². The van der Waals surface area contributed by atoms with Crippen molar-refractivity contribution in [2.24, 2.45) is 11.8 Å². The molecule has 0 aliphatic rings. The van der Waals surface area contributed by atoms with E-state index in [4.69, 9.17) is 37.0 Å². The first kappa shape index (κ1) is 90.5. The Hall–Kier alpha value is -2.46. The largest absolute Gasteiger partial charge is 0.472 e. The molecule has 0 heterocycles. The van der Waals surface area contributed by atoms with E-state index < -0.39 is 97.5 Å². The number of aliphatic hydroxyl groups is 1. The molecule has 548 valence electrons. The molecule has 0 bridgehead atoms. The fourth-order valence-corrected chi connectivity index (χ4v) is 12.3. The zero-order valence-corrected chi connectivity index (χ0v) is 61.8. The summed E-state index contributed by atoms with van der Waals surface area (Å²) in [6.45, 7) is 9.43. The second kappa shape index (κ2) is 65.5. The summed E-state index contributed by atoms with van der Waals surface area (Å²) in [7, 11) is -9.91. The molecule has 2 unspecified atom stereocenters. The SMILES string of the molecule is CCCCCC/C=C\C=C/CCCCCCCC(=O)OC[C@H](COP(=O)(O)OC[C@@H](O)COP(=O)(O)OC[C@@H](COC(=O)CCCCCCCCC)OC(=O)CCCCCCCCCC(C)C)OC(=O)CCCCCCCCCCCCCCCCCCCCC(C)C. The minimum atomic E-state index is -4.96. The van der Waals surface area contributed by atoms with Crippen LogP contribution in [0, 0.1) is 11.8 Å². The number of carbonyl (C=O) groups is 4. The van der Waals surface area contributed by atoms with E-state index in [0.717, 1.165) is 128 Å². The van der Waals surface area contributed by atoms with Crippen molar-refractivity contribution in [1.29, 1.82) is 0 Å². The summed E-state index contributed by atoms with van der Waals surface area (Å²) in [6, 6.07) is 0. The fraction of sp³-hybridized carbons (Fsp3) is 0.892. The van der Waals surface area contributed by atoms with Crippen LogP contribution in [-0.2, 0) is 65.4 Å². The Balaban J connectivity index is 5.19. The smallest absolute Gasteiger partial charge is 0.462 e. The highest BCUT2D eigenvalue weighted by atomic mass is 31.2. The molecule has 0 fully saturated rings. The van der Waals surface area contributed by atoms with Gasteiger partial charge in [-0.15, -0.1) is 0 Å². The van der Waals surface area contributed by atoms with Crippen LogP contribution < -0.4 is 0 Å². The second-order valence-electron chi connectivity index (χ2n) is 27.0. The van der Waals surface area contributed by atoms with Crippen LogP contribution in [0.2, 0.25) is 0 Å². The maximum Gasteiger partial charge on any atom is 0.472 e. The van der Waals surface area contributed by atoms with Crippen molar-refractivity contribution in [2.45, 2.75) is 374 Å². The quantitative estimate of drug-likeness (QED) is 0.0169. The first-order valence-electron chi connectivity index (χ1n) is 37.8. The summed E-state index contributed by atoms with van der Waals surface area (Å²) in [5.41, 5.74) is 0. The minimum Gasteiger partial charge on any atom is -0.462 e. The van der Waals surface area contributed by atoms with E-state index in [-0.39, 0.29) is 25.7 Å². The van der Waals surface area contributed by atoms with Gasteiger partial charge in [0.05, 0.1) is 26.4 Å². The van der Waals surface area contributed by atoms with E-state index in [1.165, 1.54) is 141 Å². The molecule has 0 rings (SSSR count). The van der Waals surface area contributed by atoms with Gasteiger partial charge >= 0.3 is 39.5 Å². The summed E-state index contributed by atoms with van der Waals surface area (Å²) in [6.07, 6.45) is 55.3. The molecule has 0 amide bonds. The Morgan fingerprint density at radius 3 is 0.882 bits per heavy atom. The van der Waals surface area contributed by atoms with Crippen LogP contribution in [0.4, 0.5) is 0 Å². The van der Waals surface area contributed by atoms with Crippen LogP contribution >= 0.6 is 15.6 Å². The predicted octanol–water partition coefficient (Wildman–Crippen LogP) is 21.1. The monoisotopic (exact) mass is 1360 g/mol. The minimum absolute atomic E-state index is 0.101. The van der Waals surface area contributed by atoms with Gasteiger partial charge in [-0.2, -0.15) is 0 Å². The lowest BCUT2D eigenvalue weighted by molar-refractivity contribution is -0.161. The number of carbonyl (C=O) groups excluding carboxylic acids is 4. The lowest BCUT2D eigenvalue weighted by Gasteiger charge is -2.21. The maximum absolute atomic E-state index is 13.1. The molecule has 0 aromatic rings. The third kappa shape index (κ3) is 67.9. The maximum atomic E-state index is 13.1. The van der Waals surface area contributed by atoms with Crippen LogP contribution in [-0.4, -0.2) is 96.7 Å². The van der Waals surface area contributed by atoms with Crippen LogP contribution in [0.3, 0.4) is 0 Å². The molecule has 0 radical (unpaired) electrons. The van der Waals surface area contributed by atoms with Crippen molar-refractivity contribution < 1.29 is 80.2 Å². The molecule has 5 atom stereocenters. The van der Waals surface area contributed by atoms with Gasteiger partial charge in [-0.1, -0.05) is 303 Å². The van der Waals surface area contributed by atoms with Crippen molar-refractivity contribution in [3.8, 4) is 0 Å². The predicted molar refractivity (Wildman–Crippen MR) is 377 cm³/mol. The van der Waals surface area contributed by atoms with Gasteiger partial charge in [-0.05, 0) is 63.2 Å². The third-order valence-electron chi connectivity index (χ3n) is 16.6. The average Bonchev–Trinajstić information content (AvgIpc) is 2.20. The topological polar surface area (TPSA) is 237 Å². The van der Waals surface area contributed by atoms with Gasteiger partial charge in [-0.3, -0.25) is 37.3 Å². The third-order valence-corrected chi connectivity index (χ3v) is 18.5. The highest BCUT2D eigenvalue weighted by Crippen LogP contribution is 2.45. The molecular formula is C74H140O17P2. The molecule has 0 aromatic heterocycles. The molecule has 0 saturated heterocycles. The molecule has 17 nitrogen and oxygen atoms in total. The normalized spacial score (nSPS) is 14.2. The van der Waals surface area contributed by atoms with E-state index in [9.17, 15) is 43.2 Å². The van der Waals surface area contributed by atoms with Crippen molar-refractivity contribution >= 4 is 39.5 Å². The second-order valence-corrected chi connectivity index (χ2v) is 29.9. The first-order valence-corrected chi connectivity index (χ1v) is 40.8. The zero-order chi connectivity index (χ0) is 68.6. The molecule has 0 spiro atoms. The van der Waals surface area contributed by atoms with E-state index >= 15 is 0 Å². The Bertz CT molecular complexity index is 1900. The summed E-state index contributed by atoms with van der Waals surface area (Å²) in [5.74, 6) is -0.644. The lowest BCUT2D eigenvalue weighted by atomic mass is 10.0. The molecule has 0 aliphatic carbocycles. The van der Waals surface area contributed by atoms with Crippen molar-refractivity contribution in [1.82, 2.24) is 0 Å². The fourth-order valence-electron chi connectivity index (χ4n) is 10.8. The number of unbranched alkanes of at least 4 members (excludes halogenated alkanes) is 38. The molecule has 0 aliphatic heterocycles. The molecule has 0 aromatic carbocycles. The average molecular weight is 1360 g/mol. The highest BCUT2D eigenvalue weighted by Gasteiger charge is 2.30. The van der Waals surface area contributed by atoms with Gasteiger partial charge in [0.25, 0.3) is 0 Å². The lowest BCUT2D eigenvalue weighted by Crippen LogP contribution is -2.30. The number of phosphoric acid groups is 2. The van der Waals surface area contributed by atoms with Crippen molar-refractivity contribution in [2.75, 3.05) is 39.6 Å². The first-order chi connectivity index (χ1) is 44.9. The standard InChI is InChI=1S/C74H140O17P2/c1-7-9-11-13-15-16-17-18-23-27-30-33-39-45-51-57-72(77)85-63-70(90-73(78)58-52-46-40-34-31-28-25-22-20-19-21-24-26-29-32-37-42-48-54-66(3)4)65-89-93(82,83)87-61-68(75)60-86-92(80,81)88-64-69(62-84-71(76)56-50-44-36-14-12-10-8-2)91-74(79)59-53-47-41-35-38-43-49-55-67(5)6/h16-18,23,66-70,75H,7-15,19-22,24-65H2,1-6H3,(H,80,81)(H,82,83)/b17-16-,23-18-/t68-,69+,70+/m0/s1. The molecular weight excluding hydrogens is 1220 g/mol. The van der Waals surface area contributed by atoms with E-state index in [1.807, 2.05) is 0 Å². The van der Waals surface area contributed by atoms with Gasteiger partial charge in [0.2, 0.25) is 0 Å². The van der Waals surface area contributed by atoms with Gasteiger partial charge < -0.3 is 33.8 Å². The number of phosphoric ester groups is 2. The number of aliphatic hydroxyl groups excluding tert-OH is 1. The van der Waals surface area contributed by atoms with E-state index in [1.54, 1.807) is 0 Å². The summed E-state index contributed by atoms with van der Waals surface area (Å²) in [4.78, 5) is 72.5. The number of allylic oxidation sites excluding steroid dienone is 4. The molecule has 93 heavy (non-hydrogen) atoms. The molecule has 3 N–H and O–H groups in total. The van der Waals surface area contributed by atoms with Crippen LogP contribution in [0.15, 0.2) is 24.3 Å². The van der Waals surface area contributed by atoms with Gasteiger partial charge in [0.1, 0.15) is 19.3 Å². The highest BCUT2D eigenvalue weighted by molar-refractivity contribution is 7.47. The van der Waals surface area contributed by atoms with Gasteiger partial charge in [0.15, 0.2) is 12.2 Å². The van der Waals surface area contributed by atoms with Crippen LogP contribution in [0.1, 0.15) is 356 Å². The van der Waals surface area contributed by atoms with E-state index in [2.05, 4.69) is 65.8 Å². The Morgan fingerprint density at radius 2 is 0.581 bits per heavy atom. The molecule has 0 saturated carbocycles.